The smallest absolute Gasteiger partial charge is 0.123 e. The van der Waals surface area contributed by atoms with Gasteiger partial charge in [-0.1, -0.05) is 28.1 Å². The van der Waals surface area contributed by atoms with Crippen molar-refractivity contribution in [1.29, 1.82) is 0 Å². The summed E-state index contributed by atoms with van der Waals surface area (Å²) >= 11 is 3.45. The van der Waals surface area contributed by atoms with Crippen LogP contribution in [0.3, 0.4) is 0 Å². The zero-order chi connectivity index (χ0) is 12.5. The van der Waals surface area contributed by atoms with Gasteiger partial charge in [0.05, 0.1) is 5.52 Å². The summed E-state index contributed by atoms with van der Waals surface area (Å²) in [4.78, 5) is 4.41. The van der Waals surface area contributed by atoms with Crippen molar-refractivity contribution in [2.45, 2.75) is 0 Å². The van der Waals surface area contributed by atoms with Crippen LogP contribution in [0.25, 0.3) is 22.0 Å². The second-order valence-corrected chi connectivity index (χ2v) is 4.98. The zero-order valence-electron chi connectivity index (χ0n) is 9.40. The molecule has 0 aliphatic rings. The van der Waals surface area contributed by atoms with Gasteiger partial charge in [0.25, 0.3) is 0 Å². The van der Waals surface area contributed by atoms with Gasteiger partial charge in [-0.05, 0) is 42.0 Å². The van der Waals surface area contributed by atoms with E-state index in [9.17, 15) is 4.39 Å². The van der Waals surface area contributed by atoms with Crippen LogP contribution in [0.15, 0.2) is 59.2 Å². The summed E-state index contributed by atoms with van der Waals surface area (Å²) in [6.07, 6.45) is 1.81. The number of rotatable bonds is 1. The number of hydrogen-bond donors (Lipinski definition) is 0. The molecule has 0 saturated carbocycles. The molecule has 0 aliphatic carbocycles. The van der Waals surface area contributed by atoms with Crippen molar-refractivity contribution < 1.29 is 4.39 Å². The summed E-state index contributed by atoms with van der Waals surface area (Å²) in [5, 5.41) is 1.06. The Kier molecular flexibility index (Phi) is 2.84. The van der Waals surface area contributed by atoms with Gasteiger partial charge in [-0.2, -0.15) is 0 Å². The third-order valence-electron chi connectivity index (χ3n) is 2.82. The molecule has 0 bridgehead atoms. The summed E-state index contributed by atoms with van der Waals surface area (Å²) in [7, 11) is 0. The molecule has 0 N–H and O–H groups in total. The van der Waals surface area contributed by atoms with Gasteiger partial charge >= 0.3 is 0 Å². The van der Waals surface area contributed by atoms with Crippen LogP contribution in [-0.2, 0) is 0 Å². The van der Waals surface area contributed by atoms with E-state index in [1.807, 2.05) is 24.4 Å². The van der Waals surface area contributed by atoms with E-state index in [0.29, 0.717) is 0 Å². The largest absolute Gasteiger partial charge is 0.256 e. The first-order valence-corrected chi connectivity index (χ1v) is 6.33. The molecule has 1 nitrogen and oxygen atoms in total. The third-order valence-corrected chi connectivity index (χ3v) is 3.31. The van der Waals surface area contributed by atoms with Crippen LogP contribution in [0.5, 0.6) is 0 Å². The number of aromatic nitrogens is 1. The van der Waals surface area contributed by atoms with Crippen LogP contribution >= 0.6 is 15.9 Å². The van der Waals surface area contributed by atoms with Gasteiger partial charge in [-0.25, -0.2) is 4.39 Å². The molecule has 3 heteroatoms. The second kappa shape index (κ2) is 4.50. The number of halogens is 2. The highest BCUT2D eigenvalue weighted by molar-refractivity contribution is 9.10. The number of nitrogens with zero attached hydrogens (tertiary/aromatic N) is 1. The van der Waals surface area contributed by atoms with Crippen LogP contribution in [0.1, 0.15) is 0 Å². The Labute approximate surface area is 112 Å². The predicted octanol–water partition coefficient (Wildman–Crippen LogP) is 4.80. The van der Waals surface area contributed by atoms with Crippen molar-refractivity contribution in [3.8, 4) is 11.1 Å². The van der Waals surface area contributed by atoms with Crippen molar-refractivity contribution in [2.24, 2.45) is 0 Å². The SMILES string of the molecule is Fc1ccc(-c2cnc3ccc(Br)cc3c2)cc1. The second-order valence-electron chi connectivity index (χ2n) is 4.07. The lowest BCUT2D eigenvalue weighted by molar-refractivity contribution is 0.628. The Balaban J connectivity index is 2.15. The lowest BCUT2D eigenvalue weighted by atomic mass is 10.1. The standard InChI is InChI=1S/C15H9BrFN/c16-13-3-6-15-11(8-13)7-12(9-18-15)10-1-4-14(17)5-2-10/h1-9H. The molecule has 0 spiro atoms. The van der Waals surface area contributed by atoms with Gasteiger partial charge in [0, 0.05) is 21.6 Å². The average molecular weight is 302 g/mol. The molecule has 0 unspecified atom stereocenters. The third kappa shape index (κ3) is 2.14. The first-order chi connectivity index (χ1) is 8.72. The molecule has 0 amide bonds. The number of benzene rings is 2. The summed E-state index contributed by atoms with van der Waals surface area (Å²) in [6.45, 7) is 0. The predicted molar refractivity (Wildman–Crippen MR) is 74.8 cm³/mol. The van der Waals surface area contributed by atoms with E-state index in [1.54, 1.807) is 12.1 Å². The van der Waals surface area contributed by atoms with Gasteiger partial charge in [-0.3, -0.25) is 4.98 Å². The Bertz CT molecular complexity index is 707. The number of pyridine rings is 1. The van der Waals surface area contributed by atoms with Crippen LogP contribution in [0.4, 0.5) is 4.39 Å². The fourth-order valence-corrected chi connectivity index (χ4v) is 2.28. The number of hydrogen-bond acceptors (Lipinski definition) is 1. The Morgan fingerprint density at radius 1 is 0.889 bits per heavy atom. The zero-order valence-corrected chi connectivity index (χ0v) is 11.0. The van der Waals surface area contributed by atoms with E-state index in [1.165, 1.54) is 12.1 Å². The lowest BCUT2D eigenvalue weighted by Crippen LogP contribution is -1.83. The van der Waals surface area contributed by atoms with Crippen molar-refractivity contribution in [2.75, 3.05) is 0 Å². The van der Waals surface area contributed by atoms with Gasteiger partial charge in [0.15, 0.2) is 0 Å². The highest BCUT2D eigenvalue weighted by Gasteiger charge is 2.01. The van der Waals surface area contributed by atoms with E-state index in [2.05, 4.69) is 27.0 Å². The molecule has 0 aliphatic heterocycles. The highest BCUT2D eigenvalue weighted by atomic mass is 79.9. The van der Waals surface area contributed by atoms with Crippen molar-refractivity contribution in [3.63, 3.8) is 0 Å². The Hall–Kier alpha value is -1.74. The maximum atomic E-state index is 12.9. The van der Waals surface area contributed by atoms with Gasteiger partial charge in [0.1, 0.15) is 5.82 Å². The maximum Gasteiger partial charge on any atom is 0.123 e. The average Bonchev–Trinajstić information content (AvgIpc) is 2.38. The summed E-state index contributed by atoms with van der Waals surface area (Å²) in [5.41, 5.74) is 2.90. The van der Waals surface area contributed by atoms with Gasteiger partial charge in [-0.15, -0.1) is 0 Å². The minimum absolute atomic E-state index is 0.227. The van der Waals surface area contributed by atoms with E-state index < -0.39 is 0 Å². The van der Waals surface area contributed by atoms with Crippen molar-refractivity contribution in [3.05, 3.63) is 65.0 Å². The Morgan fingerprint density at radius 2 is 1.67 bits per heavy atom. The molecule has 0 fully saturated rings. The van der Waals surface area contributed by atoms with Crippen molar-refractivity contribution in [1.82, 2.24) is 4.98 Å². The van der Waals surface area contributed by atoms with Crippen LogP contribution in [0.2, 0.25) is 0 Å². The fraction of sp³-hybridized carbons (Fsp3) is 0. The summed E-state index contributed by atoms with van der Waals surface area (Å²) in [6, 6.07) is 14.4. The molecule has 2 aromatic carbocycles. The van der Waals surface area contributed by atoms with Crippen LogP contribution in [-0.4, -0.2) is 4.98 Å². The lowest BCUT2D eigenvalue weighted by Gasteiger charge is -2.04. The molecule has 1 aromatic heterocycles. The monoisotopic (exact) mass is 301 g/mol. The normalized spacial score (nSPS) is 10.8. The molecule has 1 heterocycles. The molecule has 3 rings (SSSR count). The maximum absolute atomic E-state index is 12.9. The van der Waals surface area contributed by atoms with Crippen molar-refractivity contribution >= 4 is 26.8 Å². The molecule has 88 valence electrons. The van der Waals surface area contributed by atoms with Gasteiger partial charge in [0.2, 0.25) is 0 Å². The highest BCUT2D eigenvalue weighted by Crippen LogP contribution is 2.24. The summed E-state index contributed by atoms with van der Waals surface area (Å²) < 4.78 is 13.9. The fourth-order valence-electron chi connectivity index (χ4n) is 1.90. The first kappa shape index (κ1) is 11.4. The molecule has 0 atom stereocenters. The topological polar surface area (TPSA) is 12.9 Å². The minimum atomic E-state index is -0.227. The minimum Gasteiger partial charge on any atom is -0.256 e. The summed E-state index contributed by atoms with van der Waals surface area (Å²) in [5.74, 6) is -0.227. The first-order valence-electron chi connectivity index (χ1n) is 5.54. The van der Waals surface area contributed by atoms with E-state index in [0.717, 1.165) is 26.5 Å². The molecular formula is C15H9BrFN. The molecule has 0 radical (unpaired) electrons. The number of fused-ring (bicyclic) bond motifs is 1. The van der Waals surface area contributed by atoms with Gasteiger partial charge < -0.3 is 0 Å². The molecule has 18 heavy (non-hydrogen) atoms. The molecule has 0 saturated heterocycles. The molecule has 3 aromatic rings. The quantitative estimate of drug-likeness (QED) is 0.629. The van der Waals surface area contributed by atoms with Crippen LogP contribution < -0.4 is 0 Å². The van der Waals surface area contributed by atoms with E-state index >= 15 is 0 Å². The van der Waals surface area contributed by atoms with Crippen LogP contribution in [0, 0.1) is 5.82 Å². The Morgan fingerprint density at radius 3 is 2.44 bits per heavy atom. The molecular weight excluding hydrogens is 293 g/mol. The van der Waals surface area contributed by atoms with E-state index in [-0.39, 0.29) is 5.82 Å². The van der Waals surface area contributed by atoms with E-state index in [4.69, 9.17) is 0 Å².